The molecular weight excluding hydrogens is 414 g/mol. The fourth-order valence-corrected chi connectivity index (χ4v) is 4.01. The lowest BCUT2D eigenvalue weighted by Crippen LogP contribution is -2.13. The fourth-order valence-electron chi connectivity index (χ4n) is 4.01. The minimum absolute atomic E-state index is 0.0337. The Hall–Kier alpha value is -4.11. The molecule has 0 saturated carbocycles. The maximum Gasteiger partial charge on any atom is 0.304 e. The van der Waals surface area contributed by atoms with Crippen LogP contribution in [0.3, 0.4) is 0 Å². The molecule has 4 rings (SSSR count). The Kier molecular flexibility index (Phi) is 6.70. The van der Waals surface area contributed by atoms with Gasteiger partial charge in [0.05, 0.1) is 24.1 Å². The number of benzene rings is 2. The van der Waals surface area contributed by atoms with Gasteiger partial charge in [0.15, 0.2) is 0 Å². The van der Waals surface area contributed by atoms with Crippen molar-refractivity contribution in [3.05, 3.63) is 89.4 Å². The number of hydrogen-bond donors (Lipinski definition) is 2. The molecule has 33 heavy (non-hydrogen) atoms. The number of nitrogens with zero attached hydrogens (tertiary/aromatic N) is 2. The van der Waals surface area contributed by atoms with Crippen molar-refractivity contribution in [1.29, 1.82) is 0 Å². The average molecular weight is 440 g/mol. The summed E-state index contributed by atoms with van der Waals surface area (Å²) in [5.41, 5.74) is 5.09. The Morgan fingerprint density at radius 1 is 1.15 bits per heavy atom. The molecule has 2 atom stereocenters. The molecular formula is C27H25N3O3. The van der Waals surface area contributed by atoms with E-state index in [0.717, 1.165) is 33.2 Å². The van der Waals surface area contributed by atoms with Crippen LogP contribution in [0.25, 0.3) is 10.9 Å². The summed E-state index contributed by atoms with van der Waals surface area (Å²) >= 11 is 0. The Balaban J connectivity index is 1.64. The van der Waals surface area contributed by atoms with E-state index in [1.165, 1.54) is 0 Å². The third kappa shape index (κ3) is 5.21. The molecule has 0 spiro atoms. The van der Waals surface area contributed by atoms with Crippen molar-refractivity contribution >= 4 is 16.9 Å². The molecule has 0 radical (unpaired) electrons. The van der Waals surface area contributed by atoms with E-state index in [4.69, 9.17) is 4.74 Å². The number of carboxylic acids is 1. The van der Waals surface area contributed by atoms with Crippen molar-refractivity contribution in [2.45, 2.75) is 38.7 Å². The number of carboxylic acid groups (broad SMARTS) is 1. The SMILES string of the molecule is CC#CC(CC(=O)O)c1ccc(O[C@@H](Cc2cccnc2)c2ccc3cn[nH]c3c2C)cc1. The number of aliphatic carboxylic acids is 1. The molecule has 166 valence electrons. The first kappa shape index (κ1) is 22.1. The van der Waals surface area contributed by atoms with Crippen LogP contribution in [-0.4, -0.2) is 26.3 Å². The molecule has 4 aromatic rings. The number of hydrogen-bond acceptors (Lipinski definition) is 4. The zero-order valence-corrected chi connectivity index (χ0v) is 18.6. The van der Waals surface area contributed by atoms with E-state index in [1.54, 1.807) is 13.1 Å². The molecule has 6 heteroatoms. The number of aromatic amines is 1. The second kappa shape index (κ2) is 10.0. The standard InChI is InChI=1S/C27H25N3O3/c1-3-5-21(15-26(31)32)20-7-10-23(11-8-20)33-25(14-19-6-4-13-28-16-19)24-12-9-22-17-29-30-27(22)18(24)2/h4,6-13,16-17,21,25H,14-15H2,1-2H3,(H,29,30)(H,31,32)/t21?,25-/m0/s1. The molecule has 0 aliphatic carbocycles. The molecule has 0 aliphatic heterocycles. The van der Waals surface area contributed by atoms with Crippen molar-refractivity contribution < 1.29 is 14.6 Å². The van der Waals surface area contributed by atoms with Crippen LogP contribution in [-0.2, 0) is 11.2 Å². The second-order valence-electron chi connectivity index (χ2n) is 7.90. The summed E-state index contributed by atoms with van der Waals surface area (Å²) < 4.78 is 6.47. The number of fused-ring (bicyclic) bond motifs is 1. The summed E-state index contributed by atoms with van der Waals surface area (Å²) in [6.45, 7) is 3.78. The van der Waals surface area contributed by atoms with Gasteiger partial charge in [-0.1, -0.05) is 36.3 Å². The number of rotatable bonds is 8. The van der Waals surface area contributed by atoms with E-state index < -0.39 is 5.97 Å². The number of nitrogens with one attached hydrogen (secondary N) is 1. The Morgan fingerprint density at radius 2 is 1.97 bits per heavy atom. The number of ether oxygens (including phenoxy) is 1. The monoisotopic (exact) mass is 439 g/mol. The highest BCUT2D eigenvalue weighted by Gasteiger charge is 2.20. The van der Waals surface area contributed by atoms with E-state index in [-0.39, 0.29) is 18.4 Å². The van der Waals surface area contributed by atoms with E-state index in [1.807, 2.05) is 54.9 Å². The summed E-state index contributed by atoms with van der Waals surface area (Å²) in [5.74, 6) is 5.29. The first-order valence-electron chi connectivity index (χ1n) is 10.8. The summed E-state index contributed by atoms with van der Waals surface area (Å²) in [6, 6.07) is 15.6. The third-order valence-electron chi connectivity index (χ3n) is 5.67. The molecule has 6 nitrogen and oxygen atoms in total. The van der Waals surface area contributed by atoms with Gasteiger partial charge in [0.1, 0.15) is 11.9 Å². The van der Waals surface area contributed by atoms with Gasteiger partial charge in [0.25, 0.3) is 0 Å². The average Bonchev–Trinajstić information content (AvgIpc) is 3.30. The smallest absolute Gasteiger partial charge is 0.304 e. The normalized spacial score (nSPS) is 12.5. The highest BCUT2D eigenvalue weighted by atomic mass is 16.5. The van der Waals surface area contributed by atoms with Crippen molar-refractivity contribution in [3.8, 4) is 17.6 Å². The predicted octanol–water partition coefficient (Wildman–Crippen LogP) is 5.21. The van der Waals surface area contributed by atoms with Crippen molar-refractivity contribution in [1.82, 2.24) is 15.2 Å². The number of H-pyrrole nitrogens is 1. The van der Waals surface area contributed by atoms with Crippen LogP contribution in [0.4, 0.5) is 0 Å². The molecule has 0 saturated heterocycles. The molecule has 2 aromatic heterocycles. The molecule has 2 N–H and O–H groups in total. The van der Waals surface area contributed by atoms with Gasteiger partial charge in [-0.15, -0.1) is 5.92 Å². The molecule has 0 fully saturated rings. The van der Waals surface area contributed by atoms with Gasteiger partial charge in [-0.05, 0) is 54.3 Å². The minimum Gasteiger partial charge on any atom is -0.485 e. The Morgan fingerprint density at radius 3 is 2.67 bits per heavy atom. The number of pyridine rings is 1. The molecule has 0 bridgehead atoms. The molecule has 2 aromatic carbocycles. The number of carbonyl (C=O) groups is 1. The summed E-state index contributed by atoms with van der Waals surface area (Å²) in [6.07, 6.45) is 5.80. The lowest BCUT2D eigenvalue weighted by Gasteiger charge is -2.22. The van der Waals surface area contributed by atoms with Crippen molar-refractivity contribution in [3.63, 3.8) is 0 Å². The van der Waals surface area contributed by atoms with Crippen LogP contribution in [0.2, 0.25) is 0 Å². The van der Waals surface area contributed by atoms with Crippen LogP contribution in [0.15, 0.2) is 67.1 Å². The van der Waals surface area contributed by atoms with Gasteiger partial charge in [-0.2, -0.15) is 5.10 Å². The Bertz CT molecular complexity index is 1300. The van der Waals surface area contributed by atoms with Crippen LogP contribution in [0, 0.1) is 18.8 Å². The summed E-state index contributed by atoms with van der Waals surface area (Å²) in [5, 5.41) is 17.5. The van der Waals surface area contributed by atoms with E-state index in [9.17, 15) is 9.90 Å². The number of aryl methyl sites for hydroxylation is 1. The summed E-state index contributed by atoms with van der Waals surface area (Å²) in [4.78, 5) is 15.4. The lowest BCUT2D eigenvalue weighted by atomic mass is 9.95. The lowest BCUT2D eigenvalue weighted by molar-refractivity contribution is -0.137. The second-order valence-corrected chi connectivity index (χ2v) is 7.90. The topological polar surface area (TPSA) is 88.1 Å². The van der Waals surface area contributed by atoms with E-state index in [2.05, 4.69) is 40.0 Å². The molecule has 0 amide bonds. The molecule has 2 heterocycles. The third-order valence-corrected chi connectivity index (χ3v) is 5.67. The molecule has 0 aliphatic rings. The van der Waals surface area contributed by atoms with Crippen molar-refractivity contribution in [2.75, 3.05) is 0 Å². The number of aromatic nitrogens is 3. The van der Waals surface area contributed by atoms with Gasteiger partial charge < -0.3 is 9.84 Å². The maximum absolute atomic E-state index is 11.2. The summed E-state index contributed by atoms with van der Waals surface area (Å²) in [7, 11) is 0. The predicted molar refractivity (Wildman–Crippen MR) is 127 cm³/mol. The molecule has 1 unspecified atom stereocenters. The van der Waals surface area contributed by atoms with Crippen LogP contribution in [0.5, 0.6) is 5.75 Å². The fraction of sp³-hybridized carbons (Fsp3) is 0.222. The highest BCUT2D eigenvalue weighted by molar-refractivity contribution is 5.82. The van der Waals surface area contributed by atoms with Gasteiger partial charge in [0, 0.05) is 24.2 Å². The Labute approximate surface area is 192 Å². The van der Waals surface area contributed by atoms with Gasteiger partial charge in [-0.25, -0.2) is 0 Å². The van der Waals surface area contributed by atoms with Gasteiger partial charge in [0.2, 0.25) is 0 Å². The maximum atomic E-state index is 11.2. The van der Waals surface area contributed by atoms with Crippen LogP contribution >= 0.6 is 0 Å². The first-order chi connectivity index (χ1) is 16.0. The largest absolute Gasteiger partial charge is 0.485 e. The van der Waals surface area contributed by atoms with Crippen LogP contribution in [0.1, 0.15) is 47.6 Å². The minimum atomic E-state index is -0.871. The zero-order valence-electron chi connectivity index (χ0n) is 18.6. The van der Waals surface area contributed by atoms with Crippen molar-refractivity contribution in [2.24, 2.45) is 0 Å². The highest BCUT2D eigenvalue weighted by Crippen LogP contribution is 2.31. The first-order valence-corrected chi connectivity index (χ1v) is 10.8. The van der Waals surface area contributed by atoms with Gasteiger partial charge in [-0.3, -0.25) is 14.9 Å². The van der Waals surface area contributed by atoms with E-state index in [0.29, 0.717) is 12.2 Å². The van der Waals surface area contributed by atoms with Crippen LogP contribution < -0.4 is 4.74 Å². The quantitative estimate of drug-likeness (QED) is 0.368. The van der Waals surface area contributed by atoms with E-state index >= 15 is 0 Å². The van der Waals surface area contributed by atoms with Gasteiger partial charge >= 0.3 is 5.97 Å². The zero-order chi connectivity index (χ0) is 23.2.